The van der Waals surface area contributed by atoms with Crippen LogP contribution >= 0.6 is 0 Å². The predicted octanol–water partition coefficient (Wildman–Crippen LogP) is 5.17. The first-order valence-corrected chi connectivity index (χ1v) is 11.7. The Kier molecular flexibility index (Phi) is 6.32. The molecule has 0 unspecified atom stereocenters. The first-order valence-electron chi connectivity index (χ1n) is 11.7. The number of aromatic carboxylic acids is 1. The van der Waals surface area contributed by atoms with Crippen molar-refractivity contribution in [3.05, 3.63) is 95.4 Å². The van der Waals surface area contributed by atoms with Gasteiger partial charge in [0.25, 0.3) is 0 Å². The van der Waals surface area contributed by atoms with E-state index in [4.69, 9.17) is 4.74 Å². The van der Waals surface area contributed by atoms with E-state index in [2.05, 4.69) is 51.0 Å². The number of para-hydroxylation sites is 1. The molecule has 5 rings (SSSR count). The molecule has 2 aromatic carbocycles. The summed E-state index contributed by atoms with van der Waals surface area (Å²) >= 11 is 0. The summed E-state index contributed by atoms with van der Waals surface area (Å²) in [4.78, 5) is 18.2. The number of aromatic nitrogens is 2. The second-order valence-corrected chi connectivity index (χ2v) is 8.98. The van der Waals surface area contributed by atoms with E-state index in [1.165, 1.54) is 29.1 Å². The van der Waals surface area contributed by atoms with Crippen LogP contribution in [0.1, 0.15) is 45.8 Å². The highest BCUT2D eigenvalue weighted by molar-refractivity contribution is 5.91. The highest BCUT2D eigenvalue weighted by Gasteiger charge is 2.24. The van der Waals surface area contributed by atoms with Crippen molar-refractivity contribution in [1.29, 1.82) is 0 Å². The van der Waals surface area contributed by atoms with Gasteiger partial charge in [0.05, 0.1) is 7.11 Å². The minimum absolute atomic E-state index is 0.219. The molecule has 6 nitrogen and oxygen atoms in total. The van der Waals surface area contributed by atoms with Gasteiger partial charge in [-0.2, -0.15) is 0 Å². The monoisotopic (exact) mass is 455 g/mol. The summed E-state index contributed by atoms with van der Waals surface area (Å²) in [6, 6.07) is 18.2. The van der Waals surface area contributed by atoms with Gasteiger partial charge in [0.2, 0.25) is 0 Å². The zero-order valence-electron chi connectivity index (χ0n) is 19.4. The molecule has 0 spiro atoms. The second-order valence-electron chi connectivity index (χ2n) is 8.98. The van der Waals surface area contributed by atoms with Gasteiger partial charge < -0.3 is 14.4 Å². The van der Waals surface area contributed by atoms with Crippen LogP contribution in [0, 0.1) is 0 Å². The molecule has 1 N–H and O–H groups in total. The zero-order chi connectivity index (χ0) is 23.5. The number of piperidine rings is 1. The fourth-order valence-electron chi connectivity index (χ4n) is 5.10. The Hall–Kier alpha value is -3.64. The molecule has 0 amide bonds. The number of benzene rings is 2. The van der Waals surface area contributed by atoms with Gasteiger partial charge in [-0.05, 0) is 72.8 Å². The number of hydrogen-bond acceptors (Lipinski definition) is 4. The van der Waals surface area contributed by atoms with Crippen molar-refractivity contribution in [3.8, 4) is 5.75 Å². The molecular weight excluding hydrogens is 426 g/mol. The fraction of sp³-hybridized carbons (Fsp3) is 0.286. The molecule has 6 heteroatoms. The Bertz CT molecular complexity index is 1290. The molecule has 1 aliphatic rings. The standard InChI is InChI=1S/C28H29N3O3/c1-34-27-9-8-20(15-24(27)28(32)33)17-30-13-10-22(11-14-30)25-19-31(18-21-5-4-12-29-16-21)26-7-3-2-6-23(25)26/h2-9,12,15-16,19,22H,10-11,13-14,17-18H2,1H3,(H,32,33). The summed E-state index contributed by atoms with van der Waals surface area (Å²) in [5.41, 5.74) is 5.12. The van der Waals surface area contributed by atoms with Gasteiger partial charge >= 0.3 is 5.97 Å². The van der Waals surface area contributed by atoms with Crippen molar-refractivity contribution in [3.63, 3.8) is 0 Å². The number of pyridine rings is 1. The first kappa shape index (κ1) is 22.2. The van der Waals surface area contributed by atoms with Gasteiger partial charge in [-0.1, -0.05) is 30.3 Å². The SMILES string of the molecule is COc1ccc(CN2CCC(c3cn(Cc4cccnc4)c4ccccc34)CC2)cc1C(=O)O. The quantitative estimate of drug-likeness (QED) is 0.416. The lowest BCUT2D eigenvalue weighted by atomic mass is 9.89. The van der Waals surface area contributed by atoms with E-state index in [-0.39, 0.29) is 5.56 Å². The Morgan fingerprint density at radius 1 is 1.06 bits per heavy atom. The van der Waals surface area contributed by atoms with Gasteiger partial charge in [-0.3, -0.25) is 9.88 Å². The summed E-state index contributed by atoms with van der Waals surface area (Å²) in [6.45, 7) is 3.54. The first-order chi connectivity index (χ1) is 16.6. The third-order valence-electron chi connectivity index (χ3n) is 6.82. The van der Waals surface area contributed by atoms with E-state index in [1.807, 2.05) is 24.5 Å². The predicted molar refractivity (Wildman–Crippen MR) is 132 cm³/mol. The number of carboxylic acid groups (broad SMARTS) is 1. The fourth-order valence-corrected chi connectivity index (χ4v) is 5.10. The van der Waals surface area contributed by atoms with Gasteiger partial charge in [0, 0.05) is 42.6 Å². The van der Waals surface area contributed by atoms with Crippen LogP contribution in [0.15, 0.2) is 73.2 Å². The Morgan fingerprint density at radius 2 is 1.88 bits per heavy atom. The van der Waals surface area contributed by atoms with Gasteiger partial charge in [-0.15, -0.1) is 0 Å². The van der Waals surface area contributed by atoms with Crippen LogP contribution in [-0.4, -0.2) is 45.7 Å². The molecule has 1 aliphatic heterocycles. The van der Waals surface area contributed by atoms with Gasteiger partial charge in [-0.25, -0.2) is 4.79 Å². The molecule has 0 radical (unpaired) electrons. The lowest BCUT2D eigenvalue weighted by Gasteiger charge is -2.32. The number of carbonyl (C=O) groups is 1. The van der Waals surface area contributed by atoms with Crippen LogP contribution in [0.2, 0.25) is 0 Å². The number of rotatable bonds is 7. The molecule has 34 heavy (non-hydrogen) atoms. The molecule has 0 saturated carbocycles. The lowest BCUT2D eigenvalue weighted by molar-refractivity contribution is 0.0693. The van der Waals surface area contributed by atoms with E-state index >= 15 is 0 Å². The number of fused-ring (bicyclic) bond motifs is 1. The van der Waals surface area contributed by atoms with E-state index in [9.17, 15) is 9.90 Å². The number of likely N-dealkylation sites (tertiary alicyclic amines) is 1. The average Bonchev–Trinajstić information content (AvgIpc) is 3.23. The van der Waals surface area contributed by atoms with E-state index < -0.39 is 5.97 Å². The maximum atomic E-state index is 11.6. The minimum Gasteiger partial charge on any atom is -0.496 e. The summed E-state index contributed by atoms with van der Waals surface area (Å²) in [6.07, 6.45) is 8.25. The van der Waals surface area contributed by atoms with Crippen LogP contribution < -0.4 is 4.74 Å². The van der Waals surface area contributed by atoms with Crippen molar-refractivity contribution >= 4 is 16.9 Å². The van der Waals surface area contributed by atoms with Crippen LogP contribution in [0.5, 0.6) is 5.75 Å². The molecule has 174 valence electrons. The topological polar surface area (TPSA) is 67.6 Å². The highest BCUT2D eigenvalue weighted by atomic mass is 16.5. The van der Waals surface area contributed by atoms with Crippen molar-refractivity contribution in [2.75, 3.05) is 20.2 Å². The number of carboxylic acids is 1. The number of methoxy groups -OCH3 is 1. The smallest absolute Gasteiger partial charge is 0.339 e. The molecular formula is C28H29N3O3. The molecule has 0 bridgehead atoms. The maximum absolute atomic E-state index is 11.6. The summed E-state index contributed by atoms with van der Waals surface area (Å²) in [7, 11) is 1.50. The summed E-state index contributed by atoms with van der Waals surface area (Å²) < 4.78 is 7.54. The number of ether oxygens (including phenoxy) is 1. The normalized spacial score (nSPS) is 15.0. The summed E-state index contributed by atoms with van der Waals surface area (Å²) in [5.74, 6) is -0.0422. The Labute approximate surface area is 199 Å². The molecule has 0 atom stereocenters. The van der Waals surface area contributed by atoms with Crippen molar-refractivity contribution < 1.29 is 14.6 Å². The Balaban J connectivity index is 1.30. The largest absolute Gasteiger partial charge is 0.496 e. The average molecular weight is 456 g/mol. The van der Waals surface area contributed by atoms with E-state index in [0.29, 0.717) is 11.7 Å². The lowest BCUT2D eigenvalue weighted by Crippen LogP contribution is -2.32. The highest BCUT2D eigenvalue weighted by Crippen LogP contribution is 2.35. The Morgan fingerprint density at radius 3 is 2.62 bits per heavy atom. The third kappa shape index (κ3) is 4.54. The molecule has 1 fully saturated rings. The molecule has 4 aromatic rings. The summed E-state index contributed by atoms with van der Waals surface area (Å²) in [5, 5.41) is 10.8. The zero-order valence-corrected chi connectivity index (χ0v) is 19.4. The maximum Gasteiger partial charge on any atom is 0.339 e. The number of hydrogen-bond donors (Lipinski definition) is 1. The molecule has 1 saturated heterocycles. The minimum atomic E-state index is -0.958. The third-order valence-corrected chi connectivity index (χ3v) is 6.82. The number of nitrogens with zero attached hydrogens (tertiary/aromatic N) is 3. The van der Waals surface area contributed by atoms with Crippen LogP contribution in [0.25, 0.3) is 10.9 Å². The van der Waals surface area contributed by atoms with Crippen molar-refractivity contribution in [2.45, 2.75) is 31.8 Å². The van der Waals surface area contributed by atoms with Crippen LogP contribution in [-0.2, 0) is 13.1 Å². The molecule has 2 aromatic heterocycles. The molecule has 0 aliphatic carbocycles. The van der Waals surface area contributed by atoms with Crippen LogP contribution in [0.4, 0.5) is 0 Å². The second kappa shape index (κ2) is 9.69. The van der Waals surface area contributed by atoms with Gasteiger partial charge in [0.15, 0.2) is 0 Å². The van der Waals surface area contributed by atoms with Crippen molar-refractivity contribution in [2.24, 2.45) is 0 Å². The van der Waals surface area contributed by atoms with Crippen molar-refractivity contribution in [1.82, 2.24) is 14.5 Å². The van der Waals surface area contributed by atoms with E-state index in [0.717, 1.165) is 44.6 Å². The van der Waals surface area contributed by atoms with E-state index in [1.54, 1.807) is 12.1 Å². The van der Waals surface area contributed by atoms with Gasteiger partial charge in [0.1, 0.15) is 11.3 Å². The van der Waals surface area contributed by atoms with Crippen LogP contribution in [0.3, 0.4) is 0 Å². The molecule has 3 heterocycles.